The summed E-state index contributed by atoms with van der Waals surface area (Å²) in [4.78, 5) is 41.2. The van der Waals surface area contributed by atoms with Crippen LogP contribution in [0.1, 0.15) is 18.4 Å². The van der Waals surface area contributed by atoms with Gasteiger partial charge in [0.1, 0.15) is 6.04 Å². The zero-order valence-electron chi connectivity index (χ0n) is 16.7. The van der Waals surface area contributed by atoms with E-state index in [1.54, 1.807) is 23.7 Å². The summed E-state index contributed by atoms with van der Waals surface area (Å²) >= 11 is 5.32. The molecule has 6 atom stereocenters. The number of hydrogen-bond donors (Lipinski definition) is 3. The third-order valence-corrected chi connectivity index (χ3v) is 9.67. The Kier molecular flexibility index (Phi) is 6.14. The highest BCUT2D eigenvalue weighted by Gasteiger charge is 2.75. The molecule has 1 spiro atoms. The standard InChI is InChI=1S/C21H26BrN3O4S/c1-23-18(27)14-15-20(29)25(8-5-9-26)17(21(15)10-13(22)16(14)30-21)19(28)24-11-12-6-3-2-4-7-12/h2-4,6-7,13-17,26H,5,8-11H2,1H3,(H,23,27)(H,24,28)/t13?,14-,15-,16-,17?,21?/m0/s1. The highest BCUT2D eigenvalue weighted by atomic mass is 79.9. The Balaban J connectivity index is 1.65. The molecule has 2 bridgehead atoms. The van der Waals surface area contributed by atoms with Crippen molar-refractivity contribution in [3.8, 4) is 0 Å². The lowest BCUT2D eigenvalue weighted by Crippen LogP contribution is -2.54. The number of aliphatic hydroxyl groups excluding tert-OH is 1. The van der Waals surface area contributed by atoms with Crippen LogP contribution in [-0.2, 0) is 20.9 Å². The zero-order chi connectivity index (χ0) is 21.5. The molecule has 3 saturated heterocycles. The van der Waals surface area contributed by atoms with Crippen LogP contribution in [0.25, 0.3) is 0 Å². The third-order valence-electron chi connectivity index (χ3n) is 6.45. The summed E-state index contributed by atoms with van der Waals surface area (Å²) in [5.41, 5.74) is 0.983. The van der Waals surface area contributed by atoms with Gasteiger partial charge in [0.15, 0.2) is 0 Å². The highest BCUT2D eigenvalue weighted by molar-refractivity contribution is 9.09. The van der Waals surface area contributed by atoms with E-state index in [0.717, 1.165) is 5.56 Å². The van der Waals surface area contributed by atoms with E-state index in [0.29, 0.717) is 25.9 Å². The van der Waals surface area contributed by atoms with Gasteiger partial charge in [-0.05, 0) is 18.4 Å². The molecule has 7 nitrogen and oxygen atoms in total. The van der Waals surface area contributed by atoms with Crippen molar-refractivity contribution in [3.05, 3.63) is 35.9 Å². The van der Waals surface area contributed by atoms with Crippen molar-refractivity contribution in [2.75, 3.05) is 20.2 Å². The molecule has 1 aromatic rings. The van der Waals surface area contributed by atoms with Crippen LogP contribution in [0, 0.1) is 11.8 Å². The minimum atomic E-state index is -0.657. The number of nitrogens with zero attached hydrogens (tertiary/aromatic N) is 1. The van der Waals surface area contributed by atoms with E-state index in [9.17, 15) is 19.5 Å². The fraction of sp³-hybridized carbons (Fsp3) is 0.571. The Labute approximate surface area is 188 Å². The fourth-order valence-electron chi connectivity index (χ4n) is 5.26. The average molecular weight is 496 g/mol. The fourth-order valence-corrected chi connectivity index (χ4v) is 8.87. The van der Waals surface area contributed by atoms with Crippen LogP contribution in [0.5, 0.6) is 0 Å². The molecule has 0 saturated carbocycles. The molecule has 9 heteroatoms. The number of carbonyl (C=O) groups excluding carboxylic acids is 3. The Morgan fingerprint density at radius 3 is 2.70 bits per heavy atom. The molecule has 3 aliphatic heterocycles. The maximum absolute atomic E-state index is 13.5. The van der Waals surface area contributed by atoms with Crippen molar-refractivity contribution in [1.82, 2.24) is 15.5 Å². The Hall–Kier alpha value is -1.58. The quantitative estimate of drug-likeness (QED) is 0.488. The first-order valence-corrected chi connectivity index (χ1v) is 12.0. The Morgan fingerprint density at radius 1 is 1.30 bits per heavy atom. The summed E-state index contributed by atoms with van der Waals surface area (Å²) in [6, 6.07) is 8.98. The van der Waals surface area contributed by atoms with E-state index in [-0.39, 0.29) is 34.4 Å². The van der Waals surface area contributed by atoms with E-state index < -0.39 is 22.6 Å². The zero-order valence-corrected chi connectivity index (χ0v) is 19.1. The molecule has 3 heterocycles. The number of nitrogens with one attached hydrogen (secondary N) is 2. The average Bonchev–Trinajstić information content (AvgIpc) is 3.34. The van der Waals surface area contributed by atoms with Crippen molar-refractivity contribution in [2.24, 2.45) is 11.8 Å². The smallest absolute Gasteiger partial charge is 0.244 e. The second-order valence-electron chi connectivity index (χ2n) is 8.09. The number of hydrogen-bond acceptors (Lipinski definition) is 5. The number of alkyl halides is 1. The second kappa shape index (κ2) is 8.51. The second-order valence-corrected chi connectivity index (χ2v) is 10.8. The van der Waals surface area contributed by atoms with Gasteiger partial charge in [0.25, 0.3) is 0 Å². The number of thioether (sulfide) groups is 1. The number of likely N-dealkylation sites (tertiary alicyclic amines) is 1. The molecule has 3 unspecified atom stereocenters. The predicted octanol–water partition coefficient (Wildman–Crippen LogP) is 0.896. The van der Waals surface area contributed by atoms with E-state index >= 15 is 0 Å². The summed E-state index contributed by atoms with van der Waals surface area (Å²) in [6.07, 6.45) is 1.05. The molecule has 3 N–H and O–H groups in total. The molecule has 1 aromatic carbocycles. The van der Waals surface area contributed by atoms with Gasteiger partial charge in [-0.25, -0.2) is 0 Å². The molecular weight excluding hydrogens is 470 g/mol. The molecule has 162 valence electrons. The van der Waals surface area contributed by atoms with Crippen LogP contribution in [0.15, 0.2) is 30.3 Å². The minimum absolute atomic E-state index is 0.0386. The first-order chi connectivity index (χ1) is 14.4. The normalized spacial score (nSPS) is 34.2. The van der Waals surface area contributed by atoms with Gasteiger partial charge in [-0.2, -0.15) is 0 Å². The van der Waals surface area contributed by atoms with Crippen LogP contribution < -0.4 is 10.6 Å². The molecule has 0 radical (unpaired) electrons. The van der Waals surface area contributed by atoms with Gasteiger partial charge in [-0.3, -0.25) is 14.4 Å². The van der Waals surface area contributed by atoms with Crippen LogP contribution >= 0.6 is 27.7 Å². The van der Waals surface area contributed by atoms with Gasteiger partial charge < -0.3 is 20.6 Å². The summed E-state index contributed by atoms with van der Waals surface area (Å²) in [5, 5.41) is 15.0. The van der Waals surface area contributed by atoms with Crippen molar-refractivity contribution in [3.63, 3.8) is 0 Å². The Morgan fingerprint density at radius 2 is 2.03 bits per heavy atom. The van der Waals surface area contributed by atoms with E-state index in [2.05, 4.69) is 26.6 Å². The van der Waals surface area contributed by atoms with Crippen molar-refractivity contribution < 1.29 is 19.5 Å². The number of rotatable bonds is 7. The van der Waals surface area contributed by atoms with Gasteiger partial charge >= 0.3 is 0 Å². The van der Waals surface area contributed by atoms with Crippen LogP contribution in [-0.4, -0.2) is 68.8 Å². The maximum Gasteiger partial charge on any atom is 0.244 e. The lowest BCUT2D eigenvalue weighted by molar-refractivity contribution is -0.140. The number of carbonyl (C=O) groups is 3. The highest BCUT2D eigenvalue weighted by Crippen LogP contribution is 2.67. The van der Waals surface area contributed by atoms with Crippen molar-refractivity contribution in [2.45, 2.75) is 40.3 Å². The molecule has 3 amide bonds. The molecule has 3 aliphatic rings. The van der Waals surface area contributed by atoms with Gasteiger partial charge in [0.2, 0.25) is 17.7 Å². The largest absolute Gasteiger partial charge is 0.396 e. The monoisotopic (exact) mass is 495 g/mol. The first-order valence-electron chi connectivity index (χ1n) is 10.2. The lowest BCUT2D eigenvalue weighted by atomic mass is 9.70. The number of amides is 3. The lowest BCUT2D eigenvalue weighted by Gasteiger charge is -2.35. The summed E-state index contributed by atoms with van der Waals surface area (Å²) in [6.45, 7) is 0.620. The summed E-state index contributed by atoms with van der Waals surface area (Å²) in [5.74, 6) is -1.48. The van der Waals surface area contributed by atoms with Gasteiger partial charge in [0.05, 0.1) is 16.6 Å². The number of halogens is 1. The SMILES string of the molecule is CNC(=O)[C@H]1[C@H]2C(=O)N(CCCO)C(C(=O)NCc3ccccc3)C23CC(Br)[C@@H]1S3. The van der Waals surface area contributed by atoms with E-state index in [4.69, 9.17) is 0 Å². The molecule has 3 fully saturated rings. The Bertz CT molecular complexity index is 841. The molecule has 30 heavy (non-hydrogen) atoms. The van der Waals surface area contributed by atoms with Crippen LogP contribution in [0.2, 0.25) is 0 Å². The van der Waals surface area contributed by atoms with Gasteiger partial charge in [-0.1, -0.05) is 46.3 Å². The molecule has 0 aliphatic carbocycles. The third kappa shape index (κ3) is 3.35. The maximum atomic E-state index is 13.5. The predicted molar refractivity (Wildman–Crippen MR) is 118 cm³/mol. The van der Waals surface area contributed by atoms with Gasteiger partial charge in [0, 0.05) is 36.8 Å². The van der Waals surface area contributed by atoms with Crippen LogP contribution in [0.3, 0.4) is 0 Å². The molecular formula is C21H26BrN3O4S. The van der Waals surface area contributed by atoms with Crippen molar-refractivity contribution in [1.29, 1.82) is 0 Å². The topological polar surface area (TPSA) is 98.7 Å². The first kappa shape index (κ1) is 21.6. The summed E-state index contributed by atoms with van der Waals surface area (Å²) < 4.78 is -0.636. The molecule has 4 rings (SSSR count). The van der Waals surface area contributed by atoms with Gasteiger partial charge in [-0.15, -0.1) is 11.8 Å². The number of benzene rings is 1. The van der Waals surface area contributed by atoms with Crippen LogP contribution in [0.4, 0.5) is 0 Å². The minimum Gasteiger partial charge on any atom is -0.396 e. The van der Waals surface area contributed by atoms with E-state index in [1.165, 1.54) is 0 Å². The van der Waals surface area contributed by atoms with Crippen molar-refractivity contribution >= 4 is 45.4 Å². The summed E-state index contributed by atoms with van der Waals surface area (Å²) in [7, 11) is 1.59. The molecule has 0 aromatic heterocycles. The number of aliphatic hydroxyl groups is 1. The van der Waals surface area contributed by atoms with E-state index in [1.807, 2.05) is 30.3 Å². The number of fused-ring (bicyclic) bond motifs is 1.